The van der Waals surface area contributed by atoms with Crippen LogP contribution in [0.1, 0.15) is 52.9 Å². The average Bonchev–Trinajstić information content (AvgIpc) is 2.07. The highest BCUT2D eigenvalue weighted by Gasteiger charge is 2.25. The fraction of sp³-hybridized carbons (Fsp3) is 1.00. The van der Waals surface area contributed by atoms with Gasteiger partial charge in [0.25, 0.3) is 0 Å². The highest BCUT2D eigenvalue weighted by Crippen LogP contribution is 2.32. The normalized spacial score (nSPS) is 35.3. The Hall–Kier alpha value is -0.0400. The maximum Gasteiger partial charge on any atom is 0.0568 e. The quantitative estimate of drug-likeness (QED) is 0.714. The molecule has 1 rings (SSSR count). The number of aliphatic hydroxyl groups is 1. The monoisotopic (exact) mass is 184 g/mol. The molecule has 78 valence electrons. The van der Waals surface area contributed by atoms with Gasteiger partial charge in [0.15, 0.2) is 0 Å². The van der Waals surface area contributed by atoms with Gasteiger partial charge < -0.3 is 5.11 Å². The lowest BCUT2D eigenvalue weighted by Crippen LogP contribution is -2.27. The van der Waals surface area contributed by atoms with E-state index < -0.39 is 0 Å². The predicted octanol–water partition coefficient (Wildman–Crippen LogP) is 3.22. The summed E-state index contributed by atoms with van der Waals surface area (Å²) in [5.74, 6) is 2.15. The van der Waals surface area contributed by atoms with Crippen molar-refractivity contribution in [3.05, 3.63) is 0 Å². The van der Waals surface area contributed by atoms with Crippen LogP contribution in [0.2, 0.25) is 0 Å². The molecule has 1 aliphatic carbocycles. The summed E-state index contributed by atoms with van der Waals surface area (Å²) in [6.45, 7) is 6.73. The van der Waals surface area contributed by atoms with Crippen LogP contribution in [0.4, 0.5) is 0 Å². The lowest BCUT2D eigenvalue weighted by atomic mass is 9.78. The Balaban J connectivity index is 2.21. The third-order valence-corrected chi connectivity index (χ3v) is 3.41. The molecule has 0 radical (unpaired) electrons. The van der Waals surface area contributed by atoms with Gasteiger partial charge in [-0.2, -0.15) is 0 Å². The van der Waals surface area contributed by atoms with Crippen molar-refractivity contribution in [2.75, 3.05) is 0 Å². The van der Waals surface area contributed by atoms with Crippen molar-refractivity contribution in [2.24, 2.45) is 17.8 Å². The van der Waals surface area contributed by atoms with Crippen LogP contribution in [0.15, 0.2) is 0 Å². The van der Waals surface area contributed by atoms with Crippen LogP contribution in [-0.2, 0) is 0 Å². The smallest absolute Gasteiger partial charge is 0.0568 e. The Labute approximate surface area is 82.5 Å². The lowest BCUT2D eigenvalue weighted by Gasteiger charge is -2.31. The molecule has 1 nitrogen and oxygen atoms in total. The van der Waals surface area contributed by atoms with Crippen LogP contribution in [0.25, 0.3) is 0 Å². The van der Waals surface area contributed by atoms with Gasteiger partial charge in [0.2, 0.25) is 0 Å². The SMILES string of the molecule is CC(C)CCC1CCC(C)C(O)C1. The van der Waals surface area contributed by atoms with E-state index in [0.29, 0.717) is 5.92 Å². The van der Waals surface area contributed by atoms with Crippen molar-refractivity contribution in [3.63, 3.8) is 0 Å². The molecule has 3 atom stereocenters. The fourth-order valence-electron chi connectivity index (χ4n) is 2.21. The van der Waals surface area contributed by atoms with Gasteiger partial charge in [-0.3, -0.25) is 0 Å². The van der Waals surface area contributed by atoms with Crippen molar-refractivity contribution >= 4 is 0 Å². The molecular formula is C12H24O. The maximum absolute atomic E-state index is 9.71. The molecule has 0 aromatic heterocycles. The third kappa shape index (κ3) is 3.68. The summed E-state index contributed by atoms with van der Waals surface area (Å²) in [5, 5.41) is 9.71. The van der Waals surface area contributed by atoms with Crippen LogP contribution in [0, 0.1) is 17.8 Å². The molecule has 0 saturated heterocycles. The standard InChI is InChI=1S/C12H24O/c1-9(2)4-6-11-7-5-10(3)12(13)8-11/h9-13H,4-8H2,1-3H3. The summed E-state index contributed by atoms with van der Waals surface area (Å²) in [6, 6.07) is 0. The van der Waals surface area contributed by atoms with Crippen molar-refractivity contribution in [1.29, 1.82) is 0 Å². The molecule has 1 N–H and O–H groups in total. The van der Waals surface area contributed by atoms with Crippen molar-refractivity contribution in [1.82, 2.24) is 0 Å². The highest BCUT2D eigenvalue weighted by molar-refractivity contribution is 4.77. The van der Waals surface area contributed by atoms with Gasteiger partial charge in [-0.25, -0.2) is 0 Å². The van der Waals surface area contributed by atoms with Gasteiger partial charge in [-0.05, 0) is 30.6 Å². The van der Waals surface area contributed by atoms with Gasteiger partial charge in [0.05, 0.1) is 6.10 Å². The molecule has 0 aliphatic heterocycles. The van der Waals surface area contributed by atoms with Gasteiger partial charge >= 0.3 is 0 Å². The second-order valence-corrected chi connectivity index (χ2v) is 5.19. The molecule has 0 amide bonds. The molecule has 1 heteroatoms. The van der Waals surface area contributed by atoms with E-state index in [9.17, 15) is 5.11 Å². The Bertz CT molecular complexity index is 142. The summed E-state index contributed by atoms with van der Waals surface area (Å²) < 4.78 is 0. The molecule has 1 saturated carbocycles. The summed E-state index contributed by atoms with van der Waals surface area (Å²) >= 11 is 0. The zero-order chi connectivity index (χ0) is 9.84. The zero-order valence-electron chi connectivity index (χ0n) is 9.29. The first kappa shape index (κ1) is 11.0. The summed E-state index contributed by atoms with van der Waals surface area (Å²) in [4.78, 5) is 0. The molecule has 0 heterocycles. The third-order valence-electron chi connectivity index (χ3n) is 3.41. The fourth-order valence-corrected chi connectivity index (χ4v) is 2.21. The molecule has 1 fully saturated rings. The van der Waals surface area contributed by atoms with Crippen molar-refractivity contribution < 1.29 is 5.11 Å². The zero-order valence-corrected chi connectivity index (χ0v) is 9.29. The molecule has 13 heavy (non-hydrogen) atoms. The Morgan fingerprint density at radius 1 is 1.31 bits per heavy atom. The van der Waals surface area contributed by atoms with Crippen LogP contribution in [-0.4, -0.2) is 11.2 Å². The van der Waals surface area contributed by atoms with E-state index in [2.05, 4.69) is 20.8 Å². The molecule has 0 aromatic rings. The topological polar surface area (TPSA) is 20.2 Å². The van der Waals surface area contributed by atoms with Crippen LogP contribution in [0.3, 0.4) is 0 Å². The molecule has 0 aromatic carbocycles. The molecule has 0 spiro atoms. The van der Waals surface area contributed by atoms with E-state index in [1.165, 1.54) is 25.7 Å². The van der Waals surface area contributed by atoms with Crippen LogP contribution < -0.4 is 0 Å². The number of aliphatic hydroxyl groups excluding tert-OH is 1. The van der Waals surface area contributed by atoms with E-state index in [1.807, 2.05) is 0 Å². The first-order chi connectivity index (χ1) is 6.09. The van der Waals surface area contributed by atoms with E-state index in [-0.39, 0.29) is 6.10 Å². The Kier molecular flexibility index (Phi) is 4.24. The van der Waals surface area contributed by atoms with E-state index in [4.69, 9.17) is 0 Å². The maximum atomic E-state index is 9.71. The number of hydrogen-bond acceptors (Lipinski definition) is 1. The van der Waals surface area contributed by atoms with Crippen molar-refractivity contribution in [2.45, 2.75) is 59.0 Å². The van der Waals surface area contributed by atoms with E-state index >= 15 is 0 Å². The lowest BCUT2D eigenvalue weighted by molar-refractivity contribution is 0.0498. The largest absolute Gasteiger partial charge is 0.393 e. The second-order valence-electron chi connectivity index (χ2n) is 5.19. The average molecular weight is 184 g/mol. The molecule has 3 unspecified atom stereocenters. The minimum Gasteiger partial charge on any atom is -0.393 e. The second kappa shape index (κ2) is 4.99. The van der Waals surface area contributed by atoms with Crippen LogP contribution in [0.5, 0.6) is 0 Å². The number of hydrogen-bond donors (Lipinski definition) is 1. The van der Waals surface area contributed by atoms with Gasteiger partial charge in [-0.15, -0.1) is 0 Å². The first-order valence-electron chi connectivity index (χ1n) is 5.77. The van der Waals surface area contributed by atoms with Crippen molar-refractivity contribution in [3.8, 4) is 0 Å². The molecule has 1 aliphatic rings. The van der Waals surface area contributed by atoms with E-state index in [0.717, 1.165) is 18.3 Å². The minimum absolute atomic E-state index is 0.0223. The summed E-state index contributed by atoms with van der Waals surface area (Å²) in [6.07, 6.45) is 6.24. The first-order valence-corrected chi connectivity index (χ1v) is 5.77. The van der Waals surface area contributed by atoms with Gasteiger partial charge in [0, 0.05) is 0 Å². The van der Waals surface area contributed by atoms with E-state index in [1.54, 1.807) is 0 Å². The molecule has 0 bridgehead atoms. The predicted molar refractivity (Wildman–Crippen MR) is 56.6 cm³/mol. The summed E-state index contributed by atoms with van der Waals surface area (Å²) in [5.41, 5.74) is 0. The highest BCUT2D eigenvalue weighted by atomic mass is 16.3. The van der Waals surface area contributed by atoms with Crippen LogP contribution >= 0.6 is 0 Å². The summed E-state index contributed by atoms with van der Waals surface area (Å²) in [7, 11) is 0. The Morgan fingerprint density at radius 3 is 2.54 bits per heavy atom. The molecular weight excluding hydrogens is 160 g/mol. The number of rotatable bonds is 3. The van der Waals surface area contributed by atoms with Gasteiger partial charge in [-0.1, -0.05) is 40.0 Å². The minimum atomic E-state index is -0.0223. The van der Waals surface area contributed by atoms with Gasteiger partial charge in [0.1, 0.15) is 0 Å². The Morgan fingerprint density at radius 2 is 2.00 bits per heavy atom.